The maximum Gasteiger partial charge on any atom is 0.325 e. The monoisotopic (exact) mass is 493 g/mol. The van der Waals surface area contributed by atoms with Gasteiger partial charge in [0.2, 0.25) is 0 Å². The van der Waals surface area contributed by atoms with Crippen LogP contribution in [0.4, 0.5) is 0 Å². The van der Waals surface area contributed by atoms with Gasteiger partial charge < -0.3 is 14.6 Å². The topological polar surface area (TPSA) is 117 Å². The highest BCUT2D eigenvalue weighted by molar-refractivity contribution is 7.13. The standard InChI is InChI=1S/C24H27N7O3S/c1-4-5-7-19-18(23(33)26-12-17-11-25-15-30(17)14-21(32)34-3)13-28-31(19)24-27-10-16(2)22(29-24)20-8-6-9-35-20/h6,8-11,13,15H,4-5,7,12,14H2,1-3H3,(H,26,33). The van der Waals surface area contributed by atoms with Crippen molar-refractivity contribution in [3.8, 4) is 16.5 Å². The van der Waals surface area contributed by atoms with Crippen LogP contribution in [0.25, 0.3) is 16.5 Å². The minimum absolute atomic E-state index is 0.0265. The number of rotatable bonds is 10. The van der Waals surface area contributed by atoms with Gasteiger partial charge in [-0.05, 0) is 36.8 Å². The predicted molar refractivity (Wildman–Crippen MR) is 131 cm³/mol. The summed E-state index contributed by atoms with van der Waals surface area (Å²) in [5.74, 6) is -0.224. The number of hydrogen-bond acceptors (Lipinski definition) is 8. The first-order valence-corrected chi connectivity index (χ1v) is 12.2. The molecule has 0 spiro atoms. The second-order valence-electron chi connectivity index (χ2n) is 7.97. The molecule has 0 aromatic carbocycles. The lowest BCUT2D eigenvalue weighted by Crippen LogP contribution is -2.26. The van der Waals surface area contributed by atoms with Crippen molar-refractivity contribution in [1.29, 1.82) is 0 Å². The van der Waals surface area contributed by atoms with Crippen molar-refractivity contribution in [2.75, 3.05) is 7.11 Å². The average Bonchev–Trinajstić information content (AvgIpc) is 3.63. The van der Waals surface area contributed by atoms with E-state index >= 15 is 0 Å². The number of nitrogens with zero attached hydrogens (tertiary/aromatic N) is 6. The summed E-state index contributed by atoms with van der Waals surface area (Å²) in [6.07, 6.45) is 8.99. The summed E-state index contributed by atoms with van der Waals surface area (Å²) >= 11 is 1.61. The number of unbranched alkanes of at least 4 members (excludes halogenated alkanes) is 1. The van der Waals surface area contributed by atoms with Gasteiger partial charge in [-0.25, -0.2) is 19.6 Å². The molecule has 0 bridgehead atoms. The number of esters is 1. The van der Waals surface area contributed by atoms with Crippen molar-refractivity contribution in [2.45, 2.75) is 46.2 Å². The predicted octanol–water partition coefficient (Wildman–Crippen LogP) is 3.34. The fourth-order valence-electron chi connectivity index (χ4n) is 3.63. The maximum atomic E-state index is 13.1. The summed E-state index contributed by atoms with van der Waals surface area (Å²) in [7, 11) is 1.33. The molecule has 11 heteroatoms. The highest BCUT2D eigenvalue weighted by atomic mass is 32.1. The van der Waals surface area contributed by atoms with Crippen molar-refractivity contribution in [3.63, 3.8) is 0 Å². The molecule has 182 valence electrons. The Morgan fingerprint density at radius 2 is 2.09 bits per heavy atom. The van der Waals surface area contributed by atoms with Crippen LogP contribution in [0.1, 0.15) is 47.1 Å². The van der Waals surface area contributed by atoms with Crippen LogP contribution in [0.2, 0.25) is 0 Å². The molecule has 1 N–H and O–H groups in total. The second kappa shape index (κ2) is 11.0. The molecule has 0 radical (unpaired) electrons. The van der Waals surface area contributed by atoms with Crippen LogP contribution in [0.5, 0.6) is 0 Å². The molecule has 1 amide bonds. The van der Waals surface area contributed by atoms with Gasteiger partial charge >= 0.3 is 5.97 Å². The van der Waals surface area contributed by atoms with Crippen LogP contribution in [0.15, 0.2) is 42.4 Å². The molecule has 4 rings (SSSR count). The Balaban J connectivity index is 1.59. The summed E-state index contributed by atoms with van der Waals surface area (Å²) in [5.41, 5.74) is 3.74. The van der Waals surface area contributed by atoms with E-state index in [-0.39, 0.29) is 19.0 Å². The number of methoxy groups -OCH3 is 1. The first-order valence-electron chi connectivity index (χ1n) is 11.3. The van der Waals surface area contributed by atoms with Crippen LogP contribution in [-0.4, -0.2) is 48.3 Å². The van der Waals surface area contributed by atoms with Crippen LogP contribution >= 0.6 is 11.3 Å². The van der Waals surface area contributed by atoms with Crippen molar-refractivity contribution in [2.24, 2.45) is 0 Å². The van der Waals surface area contributed by atoms with E-state index in [0.29, 0.717) is 23.6 Å². The Morgan fingerprint density at radius 3 is 2.83 bits per heavy atom. The number of carbonyl (C=O) groups is 2. The average molecular weight is 494 g/mol. The highest BCUT2D eigenvalue weighted by Gasteiger charge is 2.21. The first-order chi connectivity index (χ1) is 17.0. The van der Waals surface area contributed by atoms with Gasteiger partial charge in [0.25, 0.3) is 11.9 Å². The number of aryl methyl sites for hydroxylation is 1. The lowest BCUT2D eigenvalue weighted by molar-refractivity contribution is -0.141. The highest BCUT2D eigenvalue weighted by Crippen LogP contribution is 2.26. The molecule has 4 aromatic rings. The zero-order chi connectivity index (χ0) is 24.8. The van der Waals surface area contributed by atoms with Gasteiger partial charge in [-0.15, -0.1) is 11.3 Å². The zero-order valence-electron chi connectivity index (χ0n) is 19.9. The van der Waals surface area contributed by atoms with Gasteiger partial charge in [-0.1, -0.05) is 19.4 Å². The molecule has 0 saturated carbocycles. The smallest absolute Gasteiger partial charge is 0.325 e. The summed E-state index contributed by atoms with van der Waals surface area (Å²) in [5, 5.41) is 9.40. The molecule has 0 saturated heterocycles. The molecule has 0 aliphatic rings. The van der Waals surface area contributed by atoms with Gasteiger partial charge in [0, 0.05) is 12.4 Å². The fraction of sp³-hybridized carbons (Fsp3) is 0.333. The van der Waals surface area contributed by atoms with Gasteiger partial charge in [0.05, 0.1) is 53.7 Å². The summed E-state index contributed by atoms with van der Waals surface area (Å²) in [6, 6.07) is 4.01. The molecule has 0 aliphatic heterocycles. The number of hydrogen-bond donors (Lipinski definition) is 1. The van der Waals surface area contributed by atoms with Crippen molar-refractivity contribution >= 4 is 23.2 Å². The Kier molecular flexibility index (Phi) is 7.66. The number of aromatic nitrogens is 6. The van der Waals surface area contributed by atoms with Crippen molar-refractivity contribution in [3.05, 3.63) is 64.9 Å². The van der Waals surface area contributed by atoms with Crippen LogP contribution < -0.4 is 5.32 Å². The third kappa shape index (κ3) is 5.46. The van der Waals surface area contributed by atoms with Gasteiger partial charge in [-0.3, -0.25) is 9.59 Å². The molecule has 10 nitrogen and oxygen atoms in total. The normalized spacial score (nSPS) is 10.9. The first kappa shape index (κ1) is 24.3. The van der Waals surface area contributed by atoms with Crippen molar-refractivity contribution < 1.29 is 14.3 Å². The van der Waals surface area contributed by atoms with Gasteiger partial charge in [-0.2, -0.15) is 5.10 Å². The number of ether oxygens (including phenoxy) is 1. The van der Waals surface area contributed by atoms with Gasteiger partial charge in [0.15, 0.2) is 0 Å². The molecule has 4 heterocycles. The van der Waals surface area contributed by atoms with E-state index < -0.39 is 5.97 Å². The molecule has 0 aliphatic carbocycles. The van der Waals surface area contributed by atoms with Gasteiger partial charge in [0.1, 0.15) is 6.54 Å². The zero-order valence-corrected chi connectivity index (χ0v) is 20.7. The molecule has 0 atom stereocenters. The third-order valence-electron chi connectivity index (χ3n) is 5.54. The Bertz CT molecular complexity index is 1310. The third-order valence-corrected chi connectivity index (χ3v) is 6.42. The van der Waals surface area contributed by atoms with Crippen LogP contribution in [0, 0.1) is 6.92 Å². The molecule has 0 fully saturated rings. The second-order valence-corrected chi connectivity index (χ2v) is 8.92. The van der Waals surface area contributed by atoms with E-state index in [9.17, 15) is 9.59 Å². The number of thiophene rings is 1. The number of amides is 1. The number of imidazole rings is 1. The SMILES string of the molecule is CCCCc1c(C(=O)NCc2cncn2CC(=O)OC)cnn1-c1ncc(C)c(-c2cccs2)n1. The van der Waals surface area contributed by atoms with E-state index in [2.05, 4.69) is 27.3 Å². The molecule has 4 aromatic heterocycles. The summed E-state index contributed by atoms with van der Waals surface area (Å²) in [6.45, 7) is 4.31. The fourth-order valence-corrected chi connectivity index (χ4v) is 4.40. The molecular weight excluding hydrogens is 466 g/mol. The molecule has 0 unspecified atom stereocenters. The van der Waals surface area contributed by atoms with Crippen LogP contribution in [0.3, 0.4) is 0 Å². The molecule has 35 heavy (non-hydrogen) atoms. The largest absolute Gasteiger partial charge is 0.468 e. The minimum atomic E-state index is -0.390. The Labute approximate surface area is 207 Å². The summed E-state index contributed by atoms with van der Waals surface area (Å²) in [4.78, 5) is 39.1. The molecular formula is C24H27N7O3S. The Hall–Kier alpha value is -3.86. The van der Waals surface area contributed by atoms with E-state index in [1.807, 2.05) is 24.4 Å². The lowest BCUT2D eigenvalue weighted by Gasteiger charge is -2.11. The van der Waals surface area contributed by atoms with Crippen LogP contribution in [-0.2, 0) is 29.0 Å². The lowest BCUT2D eigenvalue weighted by atomic mass is 10.1. The quantitative estimate of drug-likeness (QED) is 0.337. The van der Waals surface area contributed by atoms with E-state index in [1.54, 1.807) is 39.2 Å². The minimum Gasteiger partial charge on any atom is -0.468 e. The summed E-state index contributed by atoms with van der Waals surface area (Å²) < 4.78 is 8.01. The van der Waals surface area contributed by atoms with Crippen molar-refractivity contribution in [1.82, 2.24) is 34.6 Å². The number of carbonyl (C=O) groups excluding carboxylic acids is 2. The maximum absolute atomic E-state index is 13.1. The number of nitrogens with one attached hydrogen (secondary N) is 1. The van der Waals surface area contributed by atoms with E-state index in [0.717, 1.165) is 34.7 Å². The van der Waals surface area contributed by atoms with E-state index in [1.165, 1.54) is 13.4 Å². The van der Waals surface area contributed by atoms with E-state index in [4.69, 9.17) is 9.72 Å². The Morgan fingerprint density at radius 1 is 1.23 bits per heavy atom.